The second-order valence-corrected chi connectivity index (χ2v) is 8.83. The maximum atomic E-state index is 12.9. The lowest BCUT2D eigenvalue weighted by Crippen LogP contribution is -2.47. The molecule has 0 N–H and O–H groups in total. The van der Waals surface area contributed by atoms with Gasteiger partial charge in [0.15, 0.2) is 0 Å². The Kier molecular flexibility index (Phi) is 5.11. The highest BCUT2D eigenvalue weighted by Gasteiger charge is 2.40. The smallest absolute Gasteiger partial charge is 0.254 e. The van der Waals surface area contributed by atoms with Crippen molar-refractivity contribution < 1.29 is 4.79 Å². The molecule has 2 saturated heterocycles. The second-order valence-electron chi connectivity index (χ2n) is 8.83. The number of likely N-dealkylation sites (N-methyl/N-ethyl adjacent to an activating group) is 1. The van der Waals surface area contributed by atoms with Crippen molar-refractivity contribution in [3.05, 3.63) is 59.8 Å². The van der Waals surface area contributed by atoms with Crippen molar-refractivity contribution in [3.8, 4) is 0 Å². The molecule has 0 saturated carbocycles. The maximum Gasteiger partial charge on any atom is 0.254 e. The fourth-order valence-corrected chi connectivity index (χ4v) is 4.47. The Morgan fingerprint density at radius 2 is 1.79 bits per heavy atom. The number of aromatic nitrogens is 1. The van der Waals surface area contributed by atoms with Gasteiger partial charge in [0.1, 0.15) is 5.82 Å². The fraction of sp³-hybridized carbons (Fsp3) is 0.478. The van der Waals surface area contributed by atoms with E-state index in [1.54, 1.807) is 6.20 Å². The summed E-state index contributed by atoms with van der Waals surface area (Å²) in [6.45, 7) is 9.96. The van der Waals surface area contributed by atoms with Crippen LogP contribution in [0.25, 0.3) is 0 Å². The summed E-state index contributed by atoms with van der Waals surface area (Å²) in [5, 5.41) is 0. The van der Waals surface area contributed by atoms with Crippen molar-refractivity contribution in [3.63, 3.8) is 0 Å². The molecule has 3 heterocycles. The minimum Gasteiger partial charge on any atom is -0.355 e. The normalized spacial score (nSPS) is 22.5. The Morgan fingerprint density at radius 3 is 2.50 bits per heavy atom. The average Bonchev–Trinajstić information content (AvgIpc) is 3.04. The number of piperazine rings is 1. The van der Waals surface area contributed by atoms with Crippen LogP contribution in [0.1, 0.15) is 35.7 Å². The first-order valence-electron chi connectivity index (χ1n) is 10.2. The summed E-state index contributed by atoms with van der Waals surface area (Å²) >= 11 is 0. The van der Waals surface area contributed by atoms with Crippen molar-refractivity contribution in [1.82, 2.24) is 14.8 Å². The molecular weight excluding hydrogens is 348 g/mol. The first-order valence-corrected chi connectivity index (χ1v) is 10.2. The molecular formula is C23H30N4O. The average molecular weight is 379 g/mol. The number of rotatable bonds is 3. The van der Waals surface area contributed by atoms with Gasteiger partial charge in [0.25, 0.3) is 5.91 Å². The monoisotopic (exact) mass is 378 g/mol. The van der Waals surface area contributed by atoms with Gasteiger partial charge in [-0.25, -0.2) is 4.98 Å². The van der Waals surface area contributed by atoms with Crippen molar-refractivity contribution in [2.75, 3.05) is 51.2 Å². The van der Waals surface area contributed by atoms with Crippen LogP contribution in [0, 0.1) is 5.41 Å². The highest BCUT2D eigenvalue weighted by atomic mass is 16.2. The lowest BCUT2D eigenvalue weighted by Gasteiger charge is -2.32. The van der Waals surface area contributed by atoms with Crippen LogP contribution in [-0.2, 0) is 0 Å². The zero-order valence-corrected chi connectivity index (χ0v) is 17.1. The number of anilines is 1. The van der Waals surface area contributed by atoms with Gasteiger partial charge in [-0.2, -0.15) is 0 Å². The molecule has 2 aromatic rings. The summed E-state index contributed by atoms with van der Waals surface area (Å²) in [7, 11) is 2.10. The van der Waals surface area contributed by atoms with Crippen LogP contribution < -0.4 is 4.90 Å². The van der Waals surface area contributed by atoms with Crippen LogP contribution >= 0.6 is 0 Å². The van der Waals surface area contributed by atoms with Gasteiger partial charge in [-0.1, -0.05) is 44.2 Å². The third kappa shape index (κ3) is 3.76. The molecule has 0 aliphatic carbocycles. The number of pyridine rings is 1. The molecule has 1 aromatic heterocycles. The van der Waals surface area contributed by atoms with Gasteiger partial charge < -0.3 is 14.7 Å². The van der Waals surface area contributed by atoms with Gasteiger partial charge in [-0.3, -0.25) is 4.79 Å². The van der Waals surface area contributed by atoms with E-state index in [4.69, 9.17) is 0 Å². The first-order chi connectivity index (χ1) is 13.4. The second kappa shape index (κ2) is 7.55. The summed E-state index contributed by atoms with van der Waals surface area (Å²) in [5.41, 5.74) is 2.27. The minimum absolute atomic E-state index is 0.120. The number of benzene rings is 1. The lowest BCUT2D eigenvalue weighted by molar-refractivity contribution is 0.0664. The molecule has 2 aliphatic rings. The molecule has 0 unspecified atom stereocenters. The van der Waals surface area contributed by atoms with Crippen LogP contribution in [0.4, 0.5) is 5.82 Å². The van der Waals surface area contributed by atoms with E-state index in [1.165, 1.54) is 5.56 Å². The molecule has 0 radical (unpaired) electrons. The SMILES string of the molecule is CN1CCN(C(=O)c2ccnc(N3C[C@H](c4ccccc4)C(C)(C)C3)c2)CC1. The topological polar surface area (TPSA) is 39.7 Å². The van der Waals surface area contributed by atoms with Gasteiger partial charge in [0, 0.05) is 56.9 Å². The highest BCUT2D eigenvalue weighted by Crippen LogP contribution is 2.43. The van der Waals surface area contributed by atoms with Crippen molar-refractivity contribution in [2.45, 2.75) is 19.8 Å². The van der Waals surface area contributed by atoms with Crippen LogP contribution in [0.15, 0.2) is 48.7 Å². The van der Waals surface area contributed by atoms with E-state index in [-0.39, 0.29) is 11.3 Å². The molecule has 2 fully saturated rings. The Hall–Kier alpha value is -2.40. The predicted octanol–water partition coefficient (Wildman–Crippen LogP) is 3.10. The van der Waals surface area contributed by atoms with E-state index in [1.807, 2.05) is 17.0 Å². The molecule has 28 heavy (non-hydrogen) atoms. The molecule has 5 heteroatoms. The Balaban J connectivity index is 1.52. The van der Waals surface area contributed by atoms with Gasteiger partial charge in [-0.05, 0) is 30.2 Å². The maximum absolute atomic E-state index is 12.9. The molecule has 0 spiro atoms. The molecule has 1 aromatic carbocycles. The van der Waals surface area contributed by atoms with Crippen LogP contribution in [0.2, 0.25) is 0 Å². The molecule has 148 valence electrons. The van der Waals surface area contributed by atoms with Crippen molar-refractivity contribution in [1.29, 1.82) is 0 Å². The van der Waals surface area contributed by atoms with Gasteiger partial charge in [-0.15, -0.1) is 0 Å². The van der Waals surface area contributed by atoms with Crippen molar-refractivity contribution >= 4 is 11.7 Å². The highest BCUT2D eigenvalue weighted by molar-refractivity contribution is 5.95. The zero-order chi connectivity index (χ0) is 19.7. The first kappa shape index (κ1) is 18.9. The Labute approximate surface area is 168 Å². The van der Waals surface area contributed by atoms with E-state index >= 15 is 0 Å². The van der Waals surface area contributed by atoms with E-state index in [0.29, 0.717) is 5.92 Å². The summed E-state index contributed by atoms with van der Waals surface area (Å²) in [6.07, 6.45) is 1.78. The number of hydrogen-bond donors (Lipinski definition) is 0. The Bertz CT molecular complexity index is 828. The Morgan fingerprint density at radius 1 is 1.07 bits per heavy atom. The number of hydrogen-bond acceptors (Lipinski definition) is 4. The predicted molar refractivity (Wildman–Crippen MR) is 113 cm³/mol. The number of carbonyl (C=O) groups is 1. The molecule has 4 rings (SSSR count). The van der Waals surface area contributed by atoms with E-state index in [2.05, 4.69) is 66.0 Å². The quantitative estimate of drug-likeness (QED) is 0.823. The largest absolute Gasteiger partial charge is 0.355 e. The van der Waals surface area contributed by atoms with Crippen molar-refractivity contribution in [2.24, 2.45) is 5.41 Å². The number of nitrogens with zero attached hydrogens (tertiary/aromatic N) is 4. The fourth-order valence-electron chi connectivity index (χ4n) is 4.47. The third-order valence-electron chi connectivity index (χ3n) is 6.25. The molecule has 1 atom stereocenters. The van der Waals surface area contributed by atoms with Crippen LogP contribution in [0.3, 0.4) is 0 Å². The minimum atomic E-state index is 0.120. The van der Waals surface area contributed by atoms with E-state index < -0.39 is 0 Å². The number of amides is 1. The van der Waals surface area contributed by atoms with Gasteiger partial charge in [0.05, 0.1) is 0 Å². The summed E-state index contributed by atoms with van der Waals surface area (Å²) in [6, 6.07) is 14.6. The molecule has 5 nitrogen and oxygen atoms in total. The molecule has 0 bridgehead atoms. The van der Waals surface area contributed by atoms with Crippen LogP contribution in [-0.4, -0.2) is 67.0 Å². The standard InChI is InChI=1S/C23H30N4O/c1-23(2)17-27(16-20(23)18-7-5-4-6-8-18)21-15-19(9-10-24-21)22(28)26-13-11-25(3)12-14-26/h4-10,15,20H,11-14,16-17H2,1-3H3/t20-/m1/s1. The summed E-state index contributed by atoms with van der Waals surface area (Å²) in [4.78, 5) is 24.1. The zero-order valence-electron chi connectivity index (χ0n) is 17.1. The third-order valence-corrected chi connectivity index (χ3v) is 6.25. The van der Waals surface area contributed by atoms with Gasteiger partial charge in [0.2, 0.25) is 0 Å². The van der Waals surface area contributed by atoms with Gasteiger partial charge >= 0.3 is 0 Å². The number of carbonyl (C=O) groups excluding carboxylic acids is 1. The molecule has 1 amide bonds. The van der Waals surface area contributed by atoms with E-state index in [9.17, 15) is 4.79 Å². The summed E-state index contributed by atoms with van der Waals surface area (Å²) < 4.78 is 0. The lowest BCUT2D eigenvalue weighted by atomic mass is 9.78. The summed E-state index contributed by atoms with van der Waals surface area (Å²) in [5.74, 6) is 1.48. The van der Waals surface area contributed by atoms with E-state index in [0.717, 1.165) is 50.6 Å². The molecule has 2 aliphatic heterocycles. The van der Waals surface area contributed by atoms with Crippen LogP contribution in [0.5, 0.6) is 0 Å².